The summed E-state index contributed by atoms with van der Waals surface area (Å²) in [4.78, 5) is 31.2. The Bertz CT molecular complexity index is 1560. The second-order valence-electron chi connectivity index (χ2n) is 11.4. The number of alkyl halides is 3. The van der Waals surface area contributed by atoms with Crippen molar-refractivity contribution in [1.29, 1.82) is 0 Å². The first-order valence-corrected chi connectivity index (χ1v) is 14.7. The molecule has 3 N–H and O–H groups in total. The van der Waals surface area contributed by atoms with Crippen molar-refractivity contribution in [2.45, 2.75) is 56.9 Å². The number of nitrogens with one attached hydrogen (secondary N) is 2. The summed E-state index contributed by atoms with van der Waals surface area (Å²) in [5.41, 5.74) is 2.35. The molecule has 2 aromatic carbocycles. The zero-order valence-corrected chi connectivity index (χ0v) is 24.0. The number of benzene rings is 2. The number of nitrogens with zero attached hydrogens (tertiary/aromatic N) is 2. The third-order valence-electron chi connectivity index (χ3n) is 8.37. The highest BCUT2D eigenvalue weighted by Crippen LogP contribution is 2.35. The summed E-state index contributed by atoms with van der Waals surface area (Å²) in [6.45, 7) is 1.16. The number of morpholine rings is 1. The van der Waals surface area contributed by atoms with Crippen LogP contribution in [-0.2, 0) is 41.5 Å². The Kier molecular flexibility index (Phi) is 8.57. The van der Waals surface area contributed by atoms with E-state index in [4.69, 9.17) is 9.47 Å². The third kappa shape index (κ3) is 6.72. The topological polar surface area (TPSA) is 113 Å². The second-order valence-corrected chi connectivity index (χ2v) is 11.4. The number of ether oxygens (including phenoxy) is 2. The summed E-state index contributed by atoms with van der Waals surface area (Å²) in [5, 5.41) is 15.4. The number of hydrogen-bond acceptors (Lipinski definition) is 7. The van der Waals surface area contributed by atoms with Crippen molar-refractivity contribution in [2.24, 2.45) is 0 Å². The molecule has 0 spiro atoms. The van der Waals surface area contributed by atoms with Gasteiger partial charge in [-0.15, -0.1) is 0 Å². The molecule has 3 aromatic rings. The standard InChI is InChI=1S/C32H33F3N4O5/c33-32(34,35)23-12-19(16-39-9-10-43-18-25(39)17-40)11-22(13-23)31(42)37-24-3-1-20-2-4-26(15-21(20)14-24)44-28-7-8-36-30-27(28)5-6-29(41)38-30/h2,4,7-8,11-13,15,24-25,40H,1,3,5-6,9-10,14,16-18H2,(H,37,42)(H,36,38,41)/t24-,25?/m1/s1. The number of amides is 2. The first-order valence-electron chi connectivity index (χ1n) is 14.7. The van der Waals surface area contributed by atoms with Crippen LogP contribution in [0.25, 0.3) is 0 Å². The summed E-state index contributed by atoms with van der Waals surface area (Å²) in [6.07, 6.45) is -0.319. The summed E-state index contributed by atoms with van der Waals surface area (Å²) in [5.74, 6) is 1.06. The molecule has 2 atom stereocenters. The highest BCUT2D eigenvalue weighted by Gasteiger charge is 2.33. The SMILES string of the molecule is O=C1CCc2c(Oc3ccc4c(c3)C[C@H](NC(=O)c3cc(CN5CCOCC5CO)cc(C(F)(F)F)c3)CC4)ccnc2N1. The van der Waals surface area contributed by atoms with Crippen LogP contribution in [0.4, 0.5) is 19.0 Å². The lowest BCUT2D eigenvalue weighted by atomic mass is 9.88. The molecule has 3 heterocycles. The summed E-state index contributed by atoms with van der Waals surface area (Å²) in [7, 11) is 0. The fourth-order valence-corrected chi connectivity index (χ4v) is 6.05. The van der Waals surface area contributed by atoms with E-state index in [1.807, 2.05) is 23.1 Å². The minimum atomic E-state index is -4.62. The highest BCUT2D eigenvalue weighted by atomic mass is 19.4. The minimum Gasteiger partial charge on any atom is -0.457 e. The van der Waals surface area contributed by atoms with Crippen LogP contribution in [0.15, 0.2) is 48.7 Å². The predicted octanol–water partition coefficient (Wildman–Crippen LogP) is 4.26. The Labute approximate surface area is 252 Å². The maximum Gasteiger partial charge on any atom is 0.416 e. The Morgan fingerprint density at radius 2 is 2.00 bits per heavy atom. The molecule has 1 fully saturated rings. The number of carbonyl (C=O) groups excluding carboxylic acids is 2. The number of anilines is 1. The van der Waals surface area contributed by atoms with Crippen molar-refractivity contribution >= 4 is 17.6 Å². The molecule has 232 valence electrons. The van der Waals surface area contributed by atoms with Gasteiger partial charge in [0.2, 0.25) is 5.91 Å². The number of pyridine rings is 1. The number of aliphatic hydroxyl groups excluding tert-OH is 1. The Balaban J connectivity index is 1.17. The number of hydrogen-bond donors (Lipinski definition) is 3. The third-order valence-corrected chi connectivity index (χ3v) is 8.37. The molecule has 1 aromatic heterocycles. The maximum absolute atomic E-state index is 13.8. The van der Waals surface area contributed by atoms with Gasteiger partial charge in [0, 0.05) is 42.9 Å². The van der Waals surface area contributed by atoms with E-state index in [9.17, 15) is 27.9 Å². The van der Waals surface area contributed by atoms with Crippen molar-refractivity contribution < 1.29 is 37.3 Å². The van der Waals surface area contributed by atoms with Crippen LogP contribution in [0.5, 0.6) is 11.5 Å². The predicted molar refractivity (Wildman–Crippen MR) is 155 cm³/mol. The molecule has 9 nitrogen and oxygen atoms in total. The van der Waals surface area contributed by atoms with Gasteiger partial charge in [0.1, 0.15) is 17.3 Å². The minimum absolute atomic E-state index is 0.0546. The van der Waals surface area contributed by atoms with Gasteiger partial charge in [-0.3, -0.25) is 14.5 Å². The molecule has 0 saturated carbocycles. The molecular formula is C32H33F3N4O5. The molecule has 1 unspecified atom stereocenters. The van der Waals surface area contributed by atoms with E-state index >= 15 is 0 Å². The quantitative estimate of drug-likeness (QED) is 0.367. The van der Waals surface area contributed by atoms with Gasteiger partial charge >= 0.3 is 6.18 Å². The maximum atomic E-state index is 13.8. The number of fused-ring (bicyclic) bond motifs is 2. The van der Waals surface area contributed by atoms with Crippen LogP contribution < -0.4 is 15.4 Å². The van der Waals surface area contributed by atoms with Crippen molar-refractivity contribution in [1.82, 2.24) is 15.2 Å². The van der Waals surface area contributed by atoms with Crippen molar-refractivity contribution in [3.8, 4) is 11.5 Å². The second kappa shape index (κ2) is 12.5. The van der Waals surface area contributed by atoms with Crippen molar-refractivity contribution in [2.75, 3.05) is 31.7 Å². The lowest BCUT2D eigenvalue weighted by Crippen LogP contribution is -2.46. The smallest absolute Gasteiger partial charge is 0.416 e. The average molecular weight is 611 g/mol. The number of carbonyl (C=O) groups is 2. The van der Waals surface area contributed by atoms with Crippen LogP contribution in [-0.4, -0.2) is 65.3 Å². The van der Waals surface area contributed by atoms with Crippen LogP contribution in [0.3, 0.4) is 0 Å². The molecule has 6 rings (SSSR count). The number of halogens is 3. The first-order chi connectivity index (χ1) is 21.2. The summed E-state index contributed by atoms with van der Waals surface area (Å²) < 4.78 is 53.0. The molecule has 2 aliphatic heterocycles. The Morgan fingerprint density at radius 1 is 1.14 bits per heavy atom. The fraction of sp³-hybridized carbons (Fsp3) is 0.406. The van der Waals surface area contributed by atoms with E-state index in [-0.39, 0.29) is 36.7 Å². The highest BCUT2D eigenvalue weighted by molar-refractivity contribution is 5.95. The van der Waals surface area contributed by atoms with Gasteiger partial charge in [-0.2, -0.15) is 13.2 Å². The molecule has 0 bridgehead atoms. The zero-order valence-electron chi connectivity index (χ0n) is 24.0. The largest absolute Gasteiger partial charge is 0.457 e. The number of aryl methyl sites for hydroxylation is 1. The molecule has 2 amide bonds. The van der Waals surface area contributed by atoms with Crippen LogP contribution >= 0.6 is 0 Å². The normalized spacial score (nSPS) is 20.3. The van der Waals surface area contributed by atoms with E-state index in [2.05, 4.69) is 15.6 Å². The van der Waals surface area contributed by atoms with Crippen molar-refractivity contribution in [3.63, 3.8) is 0 Å². The number of aliphatic hydroxyl groups is 1. The molecule has 1 saturated heterocycles. The van der Waals surface area contributed by atoms with Crippen LogP contribution in [0, 0.1) is 0 Å². The number of aromatic nitrogens is 1. The van der Waals surface area contributed by atoms with Gasteiger partial charge in [0.25, 0.3) is 5.91 Å². The monoisotopic (exact) mass is 610 g/mol. The Hall–Kier alpha value is -4.00. The lowest BCUT2D eigenvalue weighted by Gasteiger charge is -2.34. The molecule has 1 aliphatic carbocycles. The van der Waals surface area contributed by atoms with Crippen molar-refractivity contribution in [3.05, 3.63) is 82.0 Å². The van der Waals surface area contributed by atoms with E-state index in [0.29, 0.717) is 74.7 Å². The van der Waals surface area contributed by atoms with E-state index in [0.717, 1.165) is 28.8 Å². The van der Waals surface area contributed by atoms with Crippen LogP contribution in [0.2, 0.25) is 0 Å². The summed E-state index contributed by atoms with van der Waals surface area (Å²) >= 11 is 0. The average Bonchev–Trinajstić information content (AvgIpc) is 3.00. The van der Waals surface area contributed by atoms with Gasteiger partial charge in [0.15, 0.2) is 0 Å². The summed E-state index contributed by atoms with van der Waals surface area (Å²) in [6, 6.07) is 10.4. The van der Waals surface area contributed by atoms with Crippen LogP contribution in [0.1, 0.15) is 51.0 Å². The molecule has 44 heavy (non-hydrogen) atoms. The first kappa shape index (κ1) is 30.0. The van der Waals surface area contributed by atoms with Gasteiger partial charge in [-0.05, 0) is 78.8 Å². The Morgan fingerprint density at radius 3 is 2.82 bits per heavy atom. The number of rotatable bonds is 7. The van der Waals surface area contributed by atoms with Gasteiger partial charge in [0.05, 0.1) is 31.4 Å². The van der Waals surface area contributed by atoms with Gasteiger partial charge in [-0.1, -0.05) is 6.07 Å². The fourth-order valence-electron chi connectivity index (χ4n) is 6.05. The molecule has 12 heteroatoms. The molecular weight excluding hydrogens is 577 g/mol. The van der Waals surface area contributed by atoms with E-state index in [1.165, 1.54) is 6.07 Å². The zero-order chi connectivity index (χ0) is 30.8. The van der Waals surface area contributed by atoms with Gasteiger partial charge in [-0.25, -0.2) is 4.98 Å². The molecule has 3 aliphatic rings. The van der Waals surface area contributed by atoms with E-state index < -0.39 is 17.6 Å². The van der Waals surface area contributed by atoms with E-state index in [1.54, 1.807) is 12.3 Å². The lowest BCUT2D eigenvalue weighted by molar-refractivity contribution is -0.137. The molecule has 0 radical (unpaired) electrons. The van der Waals surface area contributed by atoms with Gasteiger partial charge < -0.3 is 25.2 Å².